The number of ketones is 1. The Kier molecular flexibility index (Phi) is 3.53. The summed E-state index contributed by atoms with van der Waals surface area (Å²) in [5.41, 5.74) is 3.29. The van der Waals surface area contributed by atoms with E-state index in [-0.39, 0.29) is 5.78 Å². The molecule has 0 spiro atoms. The van der Waals surface area contributed by atoms with Crippen LogP contribution < -0.4 is 0 Å². The Morgan fingerprint density at radius 3 is 1.94 bits per heavy atom. The number of benzene rings is 1. The fraction of sp³-hybridized carbons (Fsp3) is 0.417. The van der Waals surface area contributed by atoms with Gasteiger partial charge in [0.25, 0.3) is 0 Å². The van der Waals surface area contributed by atoms with Gasteiger partial charge in [-0.15, -0.1) is 0 Å². The summed E-state index contributed by atoms with van der Waals surface area (Å²) in [4.78, 5) is 11.8. The van der Waals surface area contributed by atoms with Crippen molar-refractivity contribution in [2.24, 2.45) is 0 Å². The van der Waals surface area contributed by atoms with Gasteiger partial charge in [-0.2, -0.15) is 0 Å². The number of carbonyl (C=O) groups excluding carboxylic acids is 1. The third-order valence-corrected chi connectivity index (χ3v) is 3.14. The number of rotatable bonds is 3. The van der Waals surface area contributed by atoms with E-state index in [1.807, 2.05) is 32.9 Å². The minimum absolute atomic E-state index is 0.322. The van der Waals surface area contributed by atoms with Gasteiger partial charge >= 0.3 is 0 Å². The van der Waals surface area contributed by atoms with E-state index in [0.717, 1.165) is 22.9 Å². The molecule has 0 aliphatic rings. The molecule has 3 nitrogen and oxygen atoms in total. The van der Waals surface area contributed by atoms with Crippen molar-refractivity contribution in [2.45, 2.75) is 20.8 Å². The third kappa shape index (κ3) is 3.17. The van der Waals surface area contributed by atoms with Gasteiger partial charge in [-0.05, 0) is 31.9 Å². The smallest absolute Gasteiger partial charge is 0.178 e. The first-order chi connectivity index (χ1) is 7.20. The zero-order valence-corrected chi connectivity index (χ0v) is 10.8. The molecule has 0 fully saturated rings. The van der Waals surface area contributed by atoms with Gasteiger partial charge in [-0.3, -0.25) is 4.79 Å². The van der Waals surface area contributed by atoms with Crippen LogP contribution in [0, 0.1) is 20.8 Å². The second kappa shape index (κ2) is 4.37. The van der Waals surface area contributed by atoms with Crippen LogP contribution in [-0.4, -0.2) is 26.2 Å². The van der Waals surface area contributed by atoms with E-state index in [1.54, 1.807) is 0 Å². The van der Waals surface area contributed by atoms with Crippen LogP contribution in [0.15, 0.2) is 12.1 Å². The highest BCUT2D eigenvalue weighted by Crippen LogP contribution is 2.17. The predicted molar refractivity (Wildman–Crippen MR) is 64.7 cm³/mol. The Morgan fingerprint density at radius 1 is 1.12 bits per heavy atom. The number of carbonyl (C=O) groups is 1. The average Bonchev–Trinajstić information content (AvgIpc) is 1.96. The molecule has 0 unspecified atom stereocenters. The summed E-state index contributed by atoms with van der Waals surface area (Å²) in [5, 5.41) is 0. The standard InChI is InChI=1S/C12H16O3S/c1-8-5-9(2)12(10(3)6-8)11(13)7-16(4,14)15/h5-6H,7H2,1-4H3. The minimum Gasteiger partial charge on any atom is -0.293 e. The zero-order chi connectivity index (χ0) is 12.5. The first-order valence-electron chi connectivity index (χ1n) is 4.99. The van der Waals surface area contributed by atoms with Gasteiger partial charge in [0, 0.05) is 11.8 Å². The summed E-state index contributed by atoms with van der Waals surface area (Å²) in [6.45, 7) is 5.61. The maximum absolute atomic E-state index is 11.8. The highest BCUT2D eigenvalue weighted by Gasteiger charge is 2.17. The molecule has 0 amide bonds. The molecule has 16 heavy (non-hydrogen) atoms. The highest BCUT2D eigenvalue weighted by atomic mass is 32.2. The van der Waals surface area contributed by atoms with Gasteiger partial charge in [-0.1, -0.05) is 17.7 Å². The van der Waals surface area contributed by atoms with Crippen molar-refractivity contribution in [1.29, 1.82) is 0 Å². The molecule has 0 aliphatic carbocycles. The molecule has 1 aromatic carbocycles. The molecule has 88 valence electrons. The number of hydrogen-bond donors (Lipinski definition) is 0. The fourth-order valence-electron chi connectivity index (χ4n) is 1.93. The van der Waals surface area contributed by atoms with Crippen molar-refractivity contribution in [1.82, 2.24) is 0 Å². The van der Waals surface area contributed by atoms with Crippen molar-refractivity contribution in [2.75, 3.05) is 12.0 Å². The van der Waals surface area contributed by atoms with Gasteiger partial charge in [0.05, 0.1) is 0 Å². The molecule has 1 rings (SSSR count). The molecule has 0 saturated heterocycles. The number of sulfone groups is 1. The Morgan fingerprint density at radius 2 is 1.56 bits per heavy atom. The van der Waals surface area contributed by atoms with Gasteiger partial charge in [0.2, 0.25) is 0 Å². The predicted octanol–water partition coefficient (Wildman–Crippen LogP) is 1.84. The summed E-state index contributed by atoms with van der Waals surface area (Å²) in [5.74, 6) is -0.741. The summed E-state index contributed by atoms with van der Waals surface area (Å²) in [6, 6.07) is 3.78. The molecule has 0 radical (unpaired) electrons. The number of Topliss-reactive ketones (excluding diaryl/α,β-unsaturated/α-hetero) is 1. The van der Waals surface area contributed by atoms with Crippen LogP contribution in [0.1, 0.15) is 27.0 Å². The molecule has 0 saturated carbocycles. The van der Waals surface area contributed by atoms with Gasteiger partial charge in [0.1, 0.15) is 5.75 Å². The molecule has 4 heteroatoms. The Bertz CT molecular complexity index is 504. The average molecular weight is 240 g/mol. The molecule has 0 aliphatic heterocycles. The van der Waals surface area contributed by atoms with E-state index in [2.05, 4.69) is 0 Å². The molecule has 0 aromatic heterocycles. The Balaban J connectivity index is 3.19. The van der Waals surface area contributed by atoms with Crippen molar-refractivity contribution >= 4 is 15.6 Å². The minimum atomic E-state index is -3.26. The number of hydrogen-bond acceptors (Lipinski definition) is 3. The second-order valence-electron chi connectivity index (χ2n) is 4.27. The van der Waals surface area contributed by atoms with Crippen LogP contribution in [0.3, 0.4) is 0 Å². The molecule has 1 aromatic rings. The summed E-state index contributed by atoms with van der Waals surface area (Å²) in [6.07, 6.45) is 1.07. The lowest BCUT2D eigenvalue weighted by atomic mass is 9.97. The topological polar surface area (TPSA) is 51.2 Å². The van der Waals surface area contributed by atoms with E-state index in [0.29, 0.717) is 5.56 Å². The maximum atomic E-state index is 11.8. The maximum Gasteiger partial charge on any atom is 0.178 e. The molecular formula is C12H16O3S. The number of aryl methyl sites for hydroxylation is 3. The van der Waals surface area contributed by atoms with Crippen molar-refractivity contribution in [3.63, 3.8) is 0 Å². The van der Waals surface area contributed by atoms with Crippen LogP contribution in [-0.2, 0) is 9.84 Å². The summed E-state index contributed by atoms with van der Waals surface area (Å²) >= 11 is 0. The molecule has 0 atom stereocenters. The van der Waals surface area contributed by atoms with Crippen molar-refractivity contribution < 1.29 is 13.2 Å². The van der Waals surface area contributed by atoms with Gasteiger partial charge in [0.15, 0.2) is 15.6 Å². The Hall–Kier alpha value is -1.16. The molecule has 0 bridgehead atoms. The van der Waals surface area contributed by atoms with Gasteiger partial charge in [-0.25, -0.2) is 8.42 Å². The fourth-order valence-corrected chi connectivity index (χ4v) is 2.55. The molecule has 0 heterocycles. The quantitative estimate of drug-likeness (QED) is 0.757. The monoisotopic (exact) mass is 240 g/mol. The molecule has 0 N–H and O–H groups in total. The van der Waals surface area contributed by atoms with E-state index in [9.17, 15) is 13.2 Å². The lowest BCUT2D eigenvalue weighted by Gasteiger charge is -2.09. The second-order valence-corrected chi connectivity index (χ2v) is 6.41. The van der Waals surface area contributed by atoms with E-state index in [1.165, 1.54) is 0 Å². The van der Waals surface area contributed by atoms with E-state index in [4.69, 9.17) is 0 Å². The highest BCUT2D eigenvalue weighted by molar-refractivity contribution is 7.91. The third-order valence-electron chi connectivity index (χ3n) is 2.35. The normalized spacial score (nSPS) is 11.5. The lowest BCUT2D eigenvalue weighted by Crippen LogP contribution is -2.16. The van der Waals surface area contributed by atoms with Crippen LogP contribution in [0.5, 0.6) is 0 Å². The SMILES string of the molecule is Cc1cc(C)c(C(=O)CS(C)(=O)=O)c(C)c1. The lowest BCUT2D eigenvalue weighted by molar-refractivity contribution is 0.102. The van der Waals surface area contributed by atoms with Crippen molar-refractivity contribution in [3.05, 3.63) is 34.4 Å². The largest absolute Gasteiger partial charge is 0.293 e. The first kappa shape index (κ1) is 12.9. The van der Waals surface area contributed by atoms with Crippen LogP contribution in [0.25, 0.3) is 0 Å². The van der Waals surface area contributed by atoms with Crippen LogP contribution in [0.2, 0.25) is 0 Å². The summed E-state index contributed by atoms with van der Waals surface area (Å²) < 4.78 is 22.2. The molecular weight excluding hydrogens is 224 g/mol. The zero-order valence-electron chi connectivity index (χ0n) is 9.99. The summed E-state index contributed by atoms with van der Waals surface area (Å²) in [7, 11) is -3.26. The Labute approximate surface area is 96.4 Å². The van der Waals surface area contributed by atoms with E-state index < -0.39 is 15.6 Å². The van der Waals surface area contributed by atoms with Gasteiger partial charge < -0.3 is 0 Å². The van der Waals surface area contributed by atoms with Crippen molar-refractivity contribution in [3.8, 4) is 0 Å². The van der Waals surface area contributed by atoms with Crippen LogP contribution >= 0.6 is 0 Å². The first-order valence-corrected chi connectivity index (χ1v) is 7.05. The van der Waals surface area contributed by atoms with E-state index >= 15 is 0 Å². The van der Waals surface area contributed by atoms with Crippen LogP contribution in [0.4, 0.5) is 0 Å².